The molecule has 0 aliphatic carbocycles. The maximum atomic E-state index is 11.9. The molecule has 1 aromatic carbocycles. The van der Waals surface area contributed by atoms with Gasteiger partial charge in [0.25, 0.3) is 0 Å². The van der Waals surface area contributed by atoms with Crippen LogP contribution in [0.2, 0.25) is 0 Å². The molecule has 0 bridgehead atoms. The van der Waals surface area contributed by atoms with Gasteiger partial charge in [0.1, 0.15) is 6.33 Å². The molecular weight excluding hydrogens is 284 g/mol. The van der Waals surface area contributed by atoms with Crippen LogP contribution in [0, 0.1) is 6.92 Å². The molecule has 0 spiro atoms. The van der Waals surface area contributed by atoms with Crippen LogP contribution in [0.25, 0.3) is 10.9 Å². The van der Waals surface area contributed by atoms with Crippen molar-refractivity contribution in [1.82, 2.24) is 25.2 Å². The summed E-state index contributed by atoms with van der Waals surface area (Å²) in [6.07, 6.45) is 1.71. The van der Waals surface area contributed by atoms with Crippen molar-refractivity contribution in [3.63, 3.8) is 0 Å². The number of carbonyl (C=O) groups excluding carboxylic acids is 1. The summed E-state index contributed by atoms with van der Waals surface area (Å²) in [6, 6.07) is 6.98. The van der Waals surface area contributed by atoms with E-state index in [1.165, 1.54) is 11.0 Å². The molecule has 1 amide bonds. The van der Waals surface area contributed by atoms with E-state index in [0.29, 0.717) is 17.7 Å². The molecule has 112 valence electrons. The molecule has 8 nitrogen and oxygen atoms in total. The number of amides is 1. The van der Waals surface area contributed by atoms with Crippen LogP contribution in [0.4, 0.5) is 5.69 Å². The summed E-state index contributed by atoms with van der Waals surface area (Å²) in [6.45, 7) is 2.28. The van der Waals surface area contributed by atoms with Gasteiger partial charge in [0, 0.05) is 23.6 Å². The van der Waals surface area contributed by atoms with E-state index in [-0.39, 0.29) is 17.9 Å². The first-order chi connectivity index (χ1) is 10.6. The van der Waals surface area contributed by atoms with Gasteiger partial charge in [-0.25, -0.2) is 4.68 Å². The van der Waals surface area contributed by atoms with Gasteiger partial charge >= 0.3 is 0 Å². The standard InChI is InChI=1S/C14H14N6O2/c1-9-6-14(22)17-12-7-10(2-3-11(9)12)16-13(21)4-5-20-8-15-18-19-20/h2-3,6-8H,4-5H2,1H3,(H,16,21)(H,17,22). The lowest BCUT2D eigenvalue weighted by molar-refractivity contribution is -0.116. The van der Waals surface area contributed by atoms with Crippen LogP contribution >= 0.6 is 0 Å². The first-order valence-corrected chi connectivity index (χ1v) is 6.76. The summed E-state index contributed by atoms with van der Waals surface area (Å²) in [5, 5.41) is 14.4. The molecule has 2 heterocycles. The second-order valence-corrected chi connectivity index (χ2v) is 4.95. The Hall–Kier alpha value is -3.03. The fraction of sp³-hybridized carbons (Fsp3) is 0.214. The third-order valence-corrected chi connectivity index (χ3v) is 3.29. The van der Waals surface area contributed by atoms with Gasteiger partial charge in [0.2, 0.25) is 11.5 Å². The summed E-state index contributed by atoms with van der Waals surface area (Å²) in [5.41, 5.74) is 2.07. The molecule has 0 aliphatic heterocycles. The summed E-state index contributed by atoms with van der Waals surface area (Å²) in [4.78, 5) is 26.2. The van der Waals surface area contributed by atoms with Gasteiger partial charge in [0.05, 0.1) is 12.1 Å². The first kappa shape index (κ1) is 13.9. The monoisotopic (exact) mass is 298 g/mol. The Kier molecular flexibility index (Phi) is 3.65. The number of pyridine rings is 1. The Morgan fingerprint density at radius 1 is 1.36 bits per heavy atom. The largest absolute Gasteiger partial charge is 0.326 e. The van der Waals surface area contributed by atoms with Crippen LogP contribution in [0.1, 0.15) is 12.0 Å². The Balaban J connectivity index is 1.73. The van der Waals surface area contributed by atoms with Gasteiger partial charge in [-0.15, -0.1) is 5.10 Å². The Bertz CT molecular complexity index is 869. The minimum atomic E-state index is -0.160. The SMILES string of the molecule is Cc1cc(=O)[nH]c2cc(NC(=O)CCn3cnnn3)ccc12. The minimum absolute atomic E-state index is 0.148. The molecule has 0 radical (unpaired) electrons. The van der Waals surface area contributed by atoms with Crippen molar-refractivity contribution < 1.29 is 4.79 Å². The zero-order valence-electron chi connectivity index (χ0n) is 11.9. The molecule has 0 atom stereocenters. The average Bonchev–Trinajstić information content (AvgIpc) is 2.98. The number of nitrogens with zero attached hydrogens (tertiary/aromatic N) is 4. The van der Waals surface area contributed by atoms with Crippen LogP contribution in [-0.4, -0.2) is 31.1 Å². The summed E-state index contributed by atoms with van der Waals surface area (Å²) < 4.78 is 1.49. The van der Waals surface area contributed by atoms with Crippen molar-refractivity contribution in [3.05, 3.63) is 46.5 Å². The number of hydrogen-bond donors (Lipinski definition) is 2. The molecule has 0 fully saturated rings. The summed E-state index contributed by atoms with van der Waals surface area (Å²) in [7, 11) is 0. The molecular formula is C14H14N6O2. The normalized spacial score (nSPS) is 10.8. The van der Waals surface area contributed by atoms with E-state index in [1.807, 2.05) is 19.1 Å². The number of tetrazole rings is 1. The number of fused-ring (bicyclic) bond motifs is 1. The number of hydrogen-bond acceptors (Lipinski definition) is 5. The highest BCUT2D eigenvalue weighted by molar-refractivity contribution is 5.93. The fourth-order valence-corrected chi connectivity index (χ4v) is 2.23. The molecule has 0 unspecified atom stereocenters. The highest BCUT2D eigenvalue weighted by Crippen LogP contribution is 2.19. The molecule has 3 aromatic rings. The number of rotatable bonds is 4. The Morgan fingerprint density at radius 2 is 2.23 bits per heavy atom. The van der Waals surface area contributed by atoms with Crippen LogP contribution in [0.5, 0.6) is 0 Å². The van der Waals surface area contributed by atoms with Crippen molar-refractivity contribution in [3.8, 4) is 0 Å². The molecule has 22 heavy (non-hydrogen) atoms. The van der Waals surface area contributed by atoms with Crippen molar-refractivity contribution in [2.45, 2.75) is 19.9 Å². The quantitative estimate of drug-likeness (QED) is 0.743. The van der Waals surface area contributed by atoms with Gasteiger partial charge in [-0.05, 0) is 35.0 Å². The predicted octanol–water partition coefficient (Wildman–Crippen LogP) is 0.852. The van der Waals surface area contributed by atoms with E-state index in [4.69, 9.17) is 0 Å². The van der Waals surface area contributed by atoms with E-state index < -0.39 is 0 Å². The van der Waals surface area contributed by atoms with Gasteiger partial charge in [0.15, 0.2) is 0 Å². The van der Waals surface area contributed by atoms with E-state index in [0.717, 1.165) is 10.9 Å². The molecule has 0 saturated heterocycles. The minimum Gasteiger partial charge on any atom is -0.326 e. The summed E-state index contributed by atoms with van der Waals surface area (Å²) in [5.74, 6) is -0.148. The molecule has 0 aliphatic rings. The van der Waals surface area contributed by atoms with Gasteiger partial charge < -0.3 is 10.3 Å². The number of aromatic nitrogens is 5. The summed E-state index contributed by atoms with van der Waals surface area (Å²) >= 11 is 0. The van der Waals surface area contributed by atoms with Gasteiger partial charge in [-0.1, -0.05) is 6.07 Å². The van der Waals surface area contributed by atoms with Crippen molar-refractivity contribution in [2.75, 3.05) is 5.32 Å². The third-order valence-electron chi connectivity index (χ3n) is 3.29. The average molecular weight is 298 g/mol. The zero-order valence-corrected chi connectivity index (χ0v) is 11.9. The Labute approximate surface area is 125 Å². The number of H-pyrrole nitrogens is 1. The van der Waals surface area contributed by atoms with Crippen molar-refractivity contribution >= 4 is 22.5 Å². The van der Waals surface area contributed by atoms with E-state index >= 15 is 0 Å². The van der Waals surface area contributed by atoms with Crippen LogP contribution in [0.3, 0.4) is 0 Å². The molecule has 8 heteroatoms. The molecule has 2 N–H and O–H groups in total. The number of aryl methyl sites for hydroxylation is 2. The van der Waals surface area contributed by atoms with Crippen molar-refractivity contribution in [1.29, 1.82) is 0 Å². The highest BCUT2D eigenvalue weighted by Gasteiger charge is 2.06. The number of nitrogens with one attached hydrogen (secondary N) is 2. The van der Waals surface area contributed by atoms with Crippen LogP contribution in [0.15, 0.2) is 35.4 Å². The third kappa shape index (κ3) is 3.00. The topological polar surface area (TPSA) is 106 Å². The predicted molar refractivity (Wildman–Crippen MR) is 80.4 cm³/mol. The van der Waals surface area contributed by atoms with Gasteiger partial charge in [-0.2, -0.15) is 0 Å². The van der Waals surface area contributed by atoms with Crippen LogP contribution < -0.4 is 10.9 Å². The van der Waals surface area contributed by atoms with E-state index in [1.54, 1.807) is 12.1 Å². The Morgan fingerprint density at radius 3 is 3.00 bits per heavy atom. The maximum Gasteiger partial charge on any atom is 0.248 e. The van der Waals surface area contributed by atoms with Gasteiger partial charge in [-0.3, -0.25) is 9.59 Å². The molecule has 0 saturated carbocycles. The zero-order chi connectivity index (χ0) is 15.5. The molecule has 2 aromatic heterocycles. The lowest BCUT2D eigenvalue weighted by atomic mass is 10.1. The van der Waals surface area contributed by atoms with E-state index in [2.05, 4.69) is 25.8 Å². The number of aromatic amines is 1. The lowest BCUT2D eigenvalue weighted by Gasteiger charge is -2.07. The highest BCUT2D eigenvalue weighted by atomic mass is 16.1. The van der Waals surface area contributed by atoms with E-state index in [9.17, 15) is 9.59 Å². The van der Waals surface area contributed by atoms with Crippen molar-refractivity contribution in [2.24, 2.45) is 0 Å². The smallest absolute Gasteiger partial charge is 0.248 e. The molecule has 3 rings (SSSR count). The lowest BCUT2D eigenvalue weighted by Crippen LogP contribution is -2.15. The van der Waals surface area contributed by atoms with Crippen LogP contribution in [-0.2, 0) is 11.3 Å². The number of anilines is 1. The number of benzene rings is 1. The fourth-order valence-electron chi connectivity index (χ4n) is 2.23. The second-order valence-electron chi connectivity index (χ2n) is 4.95. The maximum absolute atomic E-state index is 11.9. The first-order valence-electron chi connectivity index (χ1n) is 6.76. The number of carbonyl (C=O) groups is 1. The second kappa shape index (κ2) is 5.76.